The van der Waals surface area contributed by atoms with Crippen LogP contribution in [0.4, 0.5) is 0 Å². The second kappa shape index (κ2) is 9.23. The van der Waals surface area contributed by atoms with Crippen molar-refractivity contribution in [1.82, 2.24) is 10.5 Å². The van der Waals surface area contributed by atoms with Crippen LogP contribution in [0, 0.1) is 13.8 Å². The van der Waals surface area contributed by atoms with Gasteiger partial charge in [-0.1, -0.05) is 5.16 Å². The van der Waals surface area contributed by atoms with Gasteiger partial charge in [0.1, 0.15) is 5.76 Å². The van der Waals surface area contributed by atoms with Crippen LogP contribution in [0.5, 0.6) is 0 Å². The van der Waals surface area contributed by atoms with Crippen LogP contribution >= 0.6 is 24.2 Å². The Morgan fingerprint density at radius 1 is 1.53 bits per heavy atom. The highest BCUT2D eigenvalue weighted by Gasteiger charge is 2.09. The van der Waals surface area contributed by atoms with E-state index >= 15 is 0 Å². The molecule has 0 bridgehead atoms. The maximum atomic E-state index is 11.5. The zero-order valence-electron chi connectivity index (χ0n) is 11.6. The number of thioether (sulfide) groups is 1. The van der Waals surface area contributed by atoms with Crippen molar-refractivity contribution in [1.29, 1.82) is 0 Å². The molecule has 0 aromatic carbocycles. The van der Waals surface area contributed by atoms with E-state index in [0.717, 1.165) is 29.2 Å². The first-order valence-electron chi connectivity index (χ1n) is 6.02. The molecular formula is C12H22ClN3O2S. The molecule has 1 unspecified atom stereocenters. The summed E-state index contributed by atoms with van der Waals surface area (Å²) >= 11 is 1.56. The molecule has 1 rings (SSSR count). The van der Waals surface area contributed by atoms with E-state index in [0.29, 0.717) is 12.3 Å². The summed E-state index contributed by atoms with van der Waals surface area (Å²) in [4.78, 5) is 11.5. The van der Waals surface area contributed by atoms with Gasteiger partial charge in [-0.25, -0.2) is 0 Å². The zero-order chi connectivity index (χ0) is 13.5. The van der Waals surface area contributed by atoms with E-state index in [2.05, 4.69) is 10.5 Å². The molecule has 5 nitrogen and oxygen atoms in total. The first-order chi connectivity index (χ1) is 8.50. The van der Waals surface area contributed by atoms with Gasteiger partial charge in [-0.2, -0.15) is 0 Å². The van der Waals surface area contributed by atoms with Gasteiger partial charge in [0.2, 0.25) is 5.91 Å². The maximum Gasteiger partial charge on any atom is 0.230 e. The van der Waals surface area contributed by atoms with Gasteiger partial charge < -0.3 is 15.6 Å². The molecule has 0 aliphatic heterocycles. The Balaban J connectivity index is 0.00000324. The van der Waals surface area contributed by atoms with Crippen LogP contribution in [0.3, 0.4) is 0 Å². The Morgan fingerprint density at radius 3 is 2.74 bits per heavy atom. The number of nitrogens with two attached hydrogens (primary N) is 1. The molecule has 0 saturated heterocycles. The largest absolute Gasteiger partial charge is 0.361 e. The summed E-state index contributed by atoms with van der Waals surface area (Å²) < 4.78 is 5.07. The molecule has 7 heteroatoms. The third-order valence-corrected chi connectivity index (χ3v) is 3.54. The molecule has 1 aromatic heterocycles. The lowest BCUT2D eigenvalue weighted by molar-refractivity contribution is -0.118. The van der Waals surface area contributed by atoms with Gasteiger partial charge in [-0.05, 0) is 27.2 Å². The number of carbonyl (C=O) groups is 1. The van der Waals surface area contributed by atoms with Crippen molar-refractivity contribution in [3.05, 3.63) is 17.0 Å². The van der Waals surface area contributed by atoms with Crippen molar-refractivity contribution in [2.24, 2.45) is 5.73 Å². The molecule has 0 spiro atoms. The molecule has 19 heavy (non-hydrogen) atoms. The number of carbonyl (C=O) groups excluding carboxylic acids is 1. The van der Waals surface area contributed by atoms with Crippen molar-refractivity contribution >= 4 is 30.1 Å². The number of rotatable bonds is 7. The van der Waals surface area contributed by atoms with Gasteiger partial charge in [0.05, 0.1) is 11.4 Å². The van der Waals surface area contributed by atoms with E-state index < -0.39 is 0 Å². The van der Waals surface area contributed by atoms with E-state index in [1.807, 2.05) is 20.8 Å². The first kappa shape index (κ1) is 18.3. The quantitative estimate of drug-likeness (QED) is 0.803. The lowest BCUT2D eigenvalue weighted by Crippen LogP contribution is -2.30. The summed E-state index contributed by atoms with van der Waals surface area (Å²) in [6.07, 6.45) is 0.806. The molecule has 1 amide bonds. The molecular weight excluding hydrogens is 286 g/mol. The average Bonchev–Trinajstić information content (AvgIpc) is 2.60. The van der Waals surface area contributed by atoms with Crippen LogP contribution in [0.25, 0.3) is 0 Å². The van der Waals surface area contributed by atoms with Crippen LogP contribution in [-0.2, 0) is 10.5 Å². The minimum atomic E-state index is 0. The van der Waals surface area contributed by atoms with E-state index in [9.17, 15) is 4.79 Å². The number of nitrogens with one attached hydrogen (secondary N) is 1. The molecule has 0 aliphatic carbocycles. The van der Waals surface area contributed by atoms with Crippen LogP contribution in [0.2, 0.25) is 0 Å². The predicted octanol–water partition coefficient (Wildman–Crippen LogP) is 1.80. The molecule has 1 atom stereocenters. The summed E-state index contributed by atoms with van der Waals surface area (Å²) in [6, 6.07) is 0.125. The second-order valence-corrected chi connectivity index (χ2v) is 5.40. The Bertz CT molecular complexity index is 377. The maximum absolute atomic E-state index is 11.5. The van der Waals surface area contributed by atoms with Gasteiger partial charge in [0, 0.05) is 23.9 Å². The van der Waals surface area contributed by atoms with Crippen molar-refractivity contribution in [2.75, 3.05) is 12.3 Å². The van der Waals surface area contributed by atoms with Gasteiger partial charge in [0.15, 0.2) is 0 Å². The van der Waals surface area contributed by atoms with Crippen LogP contribution < -0.4 is 11.1 Å². The van der Waals surface area contributed by atoms with E-state index in [1.54, 1.807) is 11.8 Å². The minimum absolute atomic E-state index is 0. The number of hydrogen-bond donors (Lipinski definition) is 2. The molecule has 0 aliphatic rings. The number of aromatic nitrogens is 1. The van der Waals surface area contributed by atoms with Crippen molar-refractivity contribution in [3.8, 4) is 0 Å². The van der Waals surface area contributed by atoms with Gasteiger partial charge in [-0.3, -0.25) is 4.79 Å². The monoisotopic (exact) mass is 307 g/mol. The van der Waals surface area contributed by atoms with Gasteiger partial charge in [0.25, 0.3) is 0 Å². The van der Waals surface area contributed by atoms with Crippen molar-refractivity contribution in [2.45, 2.75) is 39.0 Å². The topological polar surface area (TPSA) is 81.2 Å². The summed E-state index contributed by atoms with van der Waals surface area (Å²) in [5.41, 5.74) is 7.59. The fourth-order valence-corrected chi connectivity index (χ4v) is 2.45. The smallest absolute Gasteiger partial charge is 0.230 e. The number of halogens is 1. The Labute approximate surface area is 124 Å². The SMILES string of the molecule is Cc1noc(C)c1CSCC(=O)NCCC(C)N.Cl. The Hall–Kier alpha value is -0.720. The molecule has 0 fully saturated rings. The van der Waals surface area contributed by atoms with Gasteiger partial charge >= 0.3 is 0 Å². The predicted molar refractivity (Wildman–Crippen MR) is 80.7 cm³/mol. The molecule has 1 heterocycles. The fourth-order valence-electron chi connectivity index (χ4n) is 1.44. The average molecular weight is 308 g/mol. The highest BCUT2D eigenvalue weighted by Crippen LogP contribution is 2.19. The third kappa shape index (κ3) is 6.84. The number of nitrogens with zero attached hydrogens (tertiary/aromatic N) is 1. The number of aryl methyl sites for hydroxylation is 2. The number of amides is 1. The number of hydrogen-bond acceptors (Lipinski definition) is 5. The molecule has 0 saturated carbocycles. The lowest BCUT2D eigenvalue weighted by atomic mass is 10.2. The van der Waals surface area contributed by atoms with Crippen molar-refractivity contribution in [3.63, 3.8) is 0 Å². The van der Waals surface area contributed by atoms with Crippen molar-refractivity contribution < 1.29 is 9.32 Å². The highest BCUT2D eigenvalue weighted by molar-refractivity contribution is 7.99. The molecule has 0 radical (unpaired) electrons. The molecule has 1 aromatic rings. The summed E-state index contributed by atoms with van der Waals surface area (Å²) in [5.74, 6) is 2.08. The summed E-state index contributed by atoms with van der Waals surface area (Å²) in [7, 11) is 0. The van der Waals surface area contributed by atoms with E-state index in [4.69, 9.17) is 10.3 Å². The Morgan fingerprint density at radius 2 is 2.21 bits per heavy atom. The van der Waals surface area contributed by atoms with Gasteiger partial charge in [-0.15, -0.1) is 24.2 Å². The third-order valence-electron chi connectivity index (χ3n) is 2.58. The standard InChI is InChI=1S/C12H21N3O2S.ClH/c1-8(13)4-5-14-12(16)7-18-6-11-9(2)15-17-10(11)3;/h8H,4-7,13H2,1-3H3,(H,14,16);1H. The summed E-state index contributed by atoms with van der Waals surface area (Å²) in [5, 5.41) is 6.72. The first-order valence-corrected chi connectivity index (χ1v) is 7.18. The summed E-state index contributed by atoms with van der Waals surface area (Å²) in [6.45, 7) is 6.37. The van der Waals surface area contributed by atoms with Crippen LogP contribution in [0.15, 0.2) is 4.52 Å². The lowest BCUT2D eigenvalue weighted by Gasteiger charge is -2.07. The minimum Gasteiger partial charge on any atom is -0.361 e. The normalized spacial score (nSPS) is 11.8. The second-order valence-electron chi connectivity index (χ2n) is 4.41. The van der Waals surface area contributed by atoms with E-state index in [1.165, 1.54) is 0 Å². The van der Waals surface area contributed by atoms with E-state index in [-0.39, 0.29) is 24.4 Å². The van der Waals surface area contributed by atoms with Crippen LogP contribution in [0.1, 0.15) is 30.4 Å². The fraction of sp³-hybridized carbons (Fsp3) is 0.667. The molecule has 3 N–H and O–H groups in total. The zero-order valence-corrected chi connectivity index (χ0v) is 13.2. The highest BCUT2D eigenvalue weighted by atomic mass is 35.5. The Kier molecular flexibility index (Phi) is 8.88. The van der Waals surface area contributed by atoms with Crippen LogP contribution in [-0.4, -0.2) is 29.4 Å². The molecule has 110 valence electrons.